The van der Waals surface area contributed by atoms with Crippen LogP contribution in [0, 0.1) is 11.2 Å². The topological polar surface area (TPSA) is 63.2 Å². The number of benzene rings is 1. The molecule has 1 unspecified atom stereocenters. The molecule has 1 N–H and O–H groups in total. The van der Waals surface area contributed by atoms with Gasteiger partial charge in [-0.2, -0.15) is 0 Å². The Bertz CT molecular complexity index is 648. The van der Waals surface area contributed by atoms with Crippen molar-refractivity contribution in [1.82, 2.24) is 5.32 Å². The van der Waals surface area contributed by atoms with Gasteiger partial charge in [0.25, 0.3) is 0 Å². The van der Waals surface area contributed by atoms with Crippen LogP contribution in [0.25, 0.3) is 0 Å². The molecule has 0 heterocycles. The molecule has 1 aromatic carbocycles. The van der Waals surface area contributed by atoms with Crippen molar-refractivity contribution in [3.63, 3.8) is 0 Å². The van der Waals surface area contributed by atoms with Crippen LogP contribution in [0.3, 0.4) is 0 Å². The van der Waals surface area contributed by atoms with Crippen LogP contribution in [-0.2, 0) is 14.6 Å². The van der Waals surface area contributed by atoms with Gasteiger partial charge >= 0.3 is 0 Å². The lowest BCUT2D eigenvalue weighted by Gasteiger charge is -2.27. The molecule has 6 heteroatoms. The lowest BCUT2D eigenvalue weighted by molar-refractivity contribution is -0.119. The predicted molar refractivity (Wildman–Crippen MR) is 99.5 cm³/mol. The predicted octanol–water partition coefficient (Wildman–Crippen LogP) is 4.02. The highest BCUT2D eigenvalue weighted by molar-refractivity contribution is 7.92. The maximum absolute atomic E-state index is 13.2. The summed E-state index contributed by atoms with van der Waals surface area (Å²) in [5.74, 6) is -1.31. The van der Waals surface area contributed by atoms with Gasteiger partial charge in [-0.15, -0.1) is 0 Å². The third-order valence-electron chi connectivity index (χ3n) is 3.83. The molecular formula is C19H30FNO3S. The zero-order chi connectivity index (χ0) is 19.1. The van der Waals surface area contributed by atoms with Crippen LogP contribution in [0.4, 0.5) is 4.39 Å². The molecule has 1 rings (SSSR count). The first-order valence-electron chi connectivity index (χ1n) is 8.77. The Kier molecular flexibility index (Phi) is 8.06. The second-order valence-corrected chi connectivity index (χ2v) is 9.92. The lowest BCUT2D eigenvalue weighted by Crippen LogP contribution is -2.36. The van der Waals surface area contributed by atoms with Gasteiger partial charge in [-0.05, 0) is 36.0 Å². The van der Waals surface area contributed by atoms with E-state index in [2.05, 4.69) is 5.32 Å². The first-order chi connectivity index (χ1) is 11.5. The number of nitrogens with one attached hydrogen (secondary N) is 1. The van der Waals surface area contributed by atoms with Crippen molar-refractivity contribution < 1.29 is 17.6 Å². The van der Waals surface area contributed by atoms with Crippen LogP contribution in [0.15, 0.2) is 24.3 Å². The van der Waals surface area contributed by atoms with Crippen molar-refractivity contribution in [1.29, 1.82) is 0 Å². The molecule has 0 aliphatic carbocycles. The Hall–Kier alpha value is -1.43. The van der Waals surface area contributed by atoms with Gasteiger partial charge in [-0.1, -0.05) is 52.7 Å². The smallest absolute Gasteiger partial charge is 0.235 e. The molecule has 1 atom stereocenters. The lowest BCUT2D eigenvalue weighted by atomic mass is 9.85. The number of amides is 1. The van der Waals surface area contributed by atoms with Crippen molar-refractivity contribution in [2.24, 2.45) is 5.41 Å². The zero-order valence-electron chi connectivity index (χ0n) is 15.6. The minimum atomic E-state index is -3.40. The molecule has 0 saturated carbocycles. The molecule has 1 amide bonds. The second-order valence-electron chi connectivity index (χ2n) is 7.74. The molecule has 0 saturated heterocycles. The van der Waals surface area contributed by atoms with Gasteiger partial charge in [0, 0.05) is 0 Å². The SMILES string of the molecule is CCCCCS(=O)(=O)CC(=O)NC(CC(C)(C)C)c1ccc(F)cc1. The summed E-state index contributed by atoms with van der Waals surface area (Å²) < 4.78 is 37.3. The highest BCUT2D eigenvalue weighted by Crippen LogP contribution is 2.29. The van der Waals surface area contributed by atoms with E-state index in [0.29, 0.717) is 12.8 Å². The minimum absolute atomic E-state index is 0.0365. The zero-order valence-corrected chi connectivity index (χ0v) is 16.5. The van der Waals surface area contributed by atoms with E-state index in [0.717, 1.165) is 18.4 Å². The van der Waals surface area contributed by atoms with Crippen LogP contribution >= 0.6 is 0 Å². The average molecular weight is 372 g/mol. The van der Waals surface area contributed by atoms with Crippen LogP contribution in [0.5, 0.6) is 0 Å². The number of unbranched alkanes of at least 4 members (excludes halogenated alkanes) is 2. The Labute approximate surface area is 151 Å². The quantitative estimate of drug-likeness (QED) is 0.667. The van der Waals surface area contributed by atoms with E-state index in [-0.39, 0.29) is 23.0 Å². The minimum Gasteiger partial charge on any atom is -0.348 e. The van der Waals surface area contributed by atoms with Crippen molar-refractivity contribution in [3.05, 3.63) is 35.6 Å². The fourth-order valence-electron chi connectivity index (χ4n) is 2.64. The van der Waals surface area contributed by atoms with E-state index < -0.39 is 21.5 Å². The van der Waals surface area contributed by atoms with Crippen molar-refractivity contribution in [2.45, 2.75) is 59.4 Å². The van der Waals surface area contributed by atoms with Gasteiger partial charge in [-0.3, -0.25) is 4.79 Å². The summed E-state index contributed by atoms with van der Waals surface area (Å²) in [7, 11) is -3.40. The molecule has 0 fully saturated rings. The fraction of sp³-hybridized carbons (Fsp3) is 0.632. The Morgan fingerprint density at radius 3 is 2.28 bits per heavy atom. The molecule has 4 nitrogen and oxygen atoms in total. The van der Waals surface area contributed by atoms with Crippen LogP contribution in [0.1, 0.15) is 65.0 Å². The van der Waals surface area contributed by atoms with Crippen molar-refractivity contribution >= 4 is 15.7 Å². The molecule has 0 aliphatic rings. The number of carbonyl (C=O) groups excluding carboxylic acids is 1. The highest BCUT2D eigenvalue weighted by Gasteiger charge is 2.24. The maximum Gasteiger partial charge on any atom is 0.235 e. The van der Waals surface area contributed by atoms with Crippen LogP contribution < -0.4 is 5.32 Å². The largest absolute Gasteiger partial charge is 0.348 e. The summed E-state index contributed by atoms with van der Waals surface area (Å²) in [5.41, 5.74) is 0.694. The summed E-state index contributed by atoms with van der Waals surface area (Å²) in [6, 6.07) is 5.60. The summed E-state index contributed by atoms with van der Waals surface area (Å²) in [6.45, 7) is 8.12. The summed E-state index contributed by atoms with van der Waals surface area (Å²) in [4.78, 5) is 12.3. The van der Waals surface area contributed by atoms with Gasteiger partial charge in [0.2, 0.25) is 5.91 Å². The highest BCUT2D eigenvalue weighted by atomic mass is 32.2. The first kappa shape index (κ1) is 21.6. The Morgan fingerprint density at radius 1 is 1.16 bits per heavy atom. The van der Waals surface area contributed by atoms with Crippen LogP contribution in [0.2, 0.25) is 0 Å². The molecule has 1 aromatic rings. The van der Waals surface area contributed by atoms with Gasteiger partial charge in [0.15, 0.2) is 9.84 Å². The Morgan fingerprint density at radius 2 is 1.76 bits per heavy atom. The maximum atomic E-state index is 13.2. The molecule has 142 valence electrons. The fourth-order valence-corrected chi connectivity index (χ4v) is 3.91. The van der Waals surface area contributed by atoms with Crippen molar-refractivity contribution in [3.8, 4) is 0 Å². The van der Waals surface area contributed by atoms with Crippen molar-refractivity contribution in [2.75, 3.05) is 11.5 Å². The van der Waals surface area contributed by atoms with E-state index in [4.69, 9.17) is 0 Å². The van der Waals surface area contributed by atoms with E-state index in [1.54, 1.807) is 12.1 Å². The monoisotopic (exact) mass is 371 g/mol. The number of rotatable bonds is 9. The molecule has 0 bridgehead atoms. The number of hydrogen-bond acceptors (Lipinski definition) is 3. The number of sulfone groups is 1. The van der Waals surface area contributed by atoms with Gasteiger partial charge in [0.05, 0.1) is 11.8 Å². The molecule has 0 radical (unpaired) electrons. The summed E-state index contributed by atoms with van der Waals surface area (Å²) in [5, 5.41) is 2.82. The molecular weight excluding hydrogens is 341 g/mol. The average Bonchev–Trinajstić information content (AvgIpc) is 2.45. The molecule has 0 aliphatic heterocycles. The summed E-state index contributed by atoms with van der Waals surface area (Å²) >= 11 is 0. The second kappa shape index (κ2) is 9.32. The molecule has 25 heavy (non-hydrogen) atoms. The Balaban J connectivity index is 2.80. The summed E-state index contributed by atoms with van der Waals surface area (Å²) in [6.07, 6.45) is 2.97. The van der Waals surface area contributed by atoms with E-state index in [9.17, 15) is 17.6 Å². The standard InChI is InChI=1S/C19H30FNO3S/c1-5-6-7-12-25(23,24)14-18(22)21-17(13-19(2,3)4)15-8-10-16(20)11-9-15/h8-11,17H,5-7,12-14H2,1-4H3,(H,21,22). The first-order valence-corrected chi connectivity index (χ1v) is 10.6. The van der Waals surface area contributed by atoms with E-state index in [1.807, 2.05) is 27.7 Å². The van der Waals surface area contributed by atoms with Gasteiger partial charge in [0.1, 0.15) is 11.6 Å². The molecule has 0 spiro atoms. The number of carbonyl (C=O) groups is 1. The third kappa shape index (κ3) is 9.00. The number of hydrogen-bond donors (Lipinski definition) is 1. The molecule has 0 aromatic heterocycles. The van der Waals surface area contributed by atoms with E-state index >= 15 is 0 Å². The van der Waals surface area contributed by atoms with Crippen LogP contribution in [-0.4, -0.2) is 25.8 Å². The van der Waals surface area contributed by atoms with Gasteiger partial charge in [-0.25, -0.2) is 12.8 Å². The third-order valence-corrected chi connectivity index (χ3v) is 5.45. The van der Waals surface area contributed by atoms with Gasteiger partial charge < -0.3 is 5.32 Å². The number of halogens is 1. The normalized spacial score (nSPS) is 13.5. The van der Waals surface area contributed by atoms with E-state index in [1.165, 1.54) is 12.1 Å².